The third-order valence-electron chi connectivity index (χ3n) is 2.44. The monoisotopic (exact) mass is 324 g/mol. The number of para-hydroxylation sites is 1. The zero-order valence-electron chi connectivity index (χ0n) is 11.7. The molecule has 0 atom stereocenters. The molecule has 0 bridgehead atoms. The number of aromatic nitrogens is 1. The molecule has 7 nitrogen and oxygen atoms in total. The quantitative estimate of drug-likeness (QED) is 0.819. The number of carbonyl (C=O) groups excluding carboxylic acids is 2. The predicted molar refractivity (Wildman–Crippen MR) is 77.8 cm³/mol. The Morgan fingerprint density at radius 3 is 2.77 bits per heavy atom. The number of hydrogen-bond donors (Lipinski definition) is 1. The van der Waals surface area contributed by atoms with Crippen LogP contribution in [0.3, 0.4) is 0 Å². The van der Waals surface area contributed by atoms with Gasteiger partial charge in [-0.25, -0.2) is 4.79 Å². The molecule has 0 saturated heterocycles. The second kappa shape index (κ2) is 7.46. The molecule has 1 aromatic carbocycles. The van der Waals surface area contributed by atoms with Crippen LogP contribution >= 0.6 is 11.6 Å². The normalized spacial score (nSPS) is 10.1. The zero-order valence-corrected chi connectivity index (χ0v) is 12.4. The van der Waals surface area contributed by atoms with Crippen LogP contribution < -0.4 is 10.1 Å². The first-order chi connectivity index (χ1) is 10.5. The Kier molecular flexibility index (Phi) is 5.37. The van der Waals surface area contributed by atoms with E-state index in [2.05, 4.69) is 10.5 Å². The molecule has 0 aliphatic rings. The fourth-order valence-electron chi connectivity index (χ4n) is 1.49. The van der Waals surface area contributed by atoms with Crippen molar-refractivity contribution < 1.29 is 23.6 Å². The van der Waals surface area contributed by atoms with Crippen molar-refractivity contribution in [1.82, 2.24) is 5.16 Å². The van der Waals surface area contributed by atoms with Crippen molar-refractivity contribution in [2.75, 3.05) is 18.5 Å². The van der Waals surface area contributed by atoms with Crippen molar-refractivity contribution in [3.8, 4) is 5.75 Å². The van der Waals surface area contributed by atoms with E-state index in [9.17, 15) is 9.59 Å². The average molecular weight is 325 g/mol. The molecule has 0 fully saturated rings. The van der Waals surface area contributed by atoms with Crippen LogP contribution in [0, 0.1) is 6.92 Å². The van der Waals surface area contributed by atoms with E-state index in [4.69, 9.17) is 25.6 Å². The Morgan fingerprint density at radius 1 is 1.32 bits per heavy atom. The second-order valence-corrected chi connectivity index (χ2v) is 4.66. The molecular formula is C14H13ClN2O5. The van der Waals surface area contributed by atoms with Crippen LogP contribution in [0.25, 0.3) is 0 Å². The lowest BCUT2D eigenvalue weighted by Crippen LogP contribution is -2.23. The highest BCUT2D eigenvalue weighted by Gasteiger charge is 2.11. The van der Waals surface area contributed by atoms with E-state index < -0.39 is 18.5 Å². The van der Waals surface area contributed by atoms with Gasteiger partial charge in [0.1, 0.15) is 11.5 Å². The molecule has 0 unspecified atom stereocenters. The van der Waals surface area contributed by atoms with Gasteiger partial charge < -0.3 is 19.3 Å². The summed E-state index contributed by atoms with van der Waals surface area (Å²) in [6, 6.07) is 8.26. The Balaban J connectivity index is 1.71. The van der Waals surface area contributed by atoms with Crippen LogP contribution in [-0.2, 0) is 14.3 Å². The number of amides is 1. The maximum Gasteiger partial charge on any atom is 0.344 e. The molecule has 2 rings (SSSR count). The highest BCUT2D eigenvalue weighted by atomic mass is 35.5. The minimum absolute atomic E-state index is 0.255. The van der Waals surface area contributed by atoms with Crippen molar-refractivity contribution in [2.24, 2.45) is 0 Å². The van der Waals surface area contributed by atoms with Crippen LogP contribution in [0.5, 0.6) is 5.75 Å². The molecule has 8 heteroatoms. The fraction of sp³-hybridized carbons (Fsp3) is 0.214. The molecule has 1 amide bonds. The van der Waals surface area contributed by atoms with Gasteiger partial charge in [0, 0.05) is 6.07 Å². The van der Waals surface area contributed by atoms with Crippen LogP contribution in [0.4, 0.5) is 5.82 Å². The van der Waals surface area contributed by atoms with E-state index in [1.54, 1.807) is 37.3 Å². The van der Waals surface area contributed by atoms with Gasteiger partial charge in [-0.15, -0.1) is 0 Å². The summed E-state index contributed by atoms with van der Waals surface area (Å²) in [5.74, 6) is -0.0410. The number of hydrogen-bond acceptors (Lipinski definition) is 6. The topological polar surface area (TPSA) is 90.7 Å². The van der Waals surface area contributed by atoms with Crippen molar-refractivity contribution in [3.63, 3.8) is 0 Å². The van der Waals surface area contributed by atoms with Crippen LogP contribution in [0.15, 0.2) is 34.9 Å². The third kappa shape index (κ3) is 4.78. The van der Waals surface area contributed by atoms with Gasteiger partial charge in [-0.3, -0.25) is 4.79 Å². The molecule has 0 radical (unpaired) electrons. The first kappa shape index (κ1) is 15.8. The largest absolute Gasteiger partial charge is 0.480 e. The minimum atomic E-state index is -0.689. The Hall–Kier alpha value is -2.54. The van der Waals surface area contributed by atoms with Gasteiger partial charge in [0.15, 0.2) is 19.0 Å². The van der Waals surface area contributed by atoms with Gasteiger partial charge in [-0.1, -0.05) is 28.9 Å². The summed E-state index contributed by atoms with van der Waals surface area (Å²) in [7, 11) is 0. The molecule has 0 aliphatic carbocycles. The Bertz CT molecular complexity index is 671. The number of aryl methyl sites for hydroxylation is 1. The molecule has 116 valence electrons. The average Bonchev–Trinajstić information content (AvgIpc) is 2.89. The summed E-state index contributed by atoms with van der Waals surface area (Å²) >= 11 is 5.87. The summed E-state index contributed by atoms with van der Waals surface area (Å²) in [5, 5.41) is 6.38. The van der Waals surface area contributed by atoms with Crippen LogP contribution in [0.2, 0.25) is 5.02 Å². The summed E-state index contributed by atoms with van der Waals surface area (Å²) in [5.41, 5.74) is 0. The highest BCUT2D eigenvalue weighted by Crippen LogP contribution is 2.22. The van der Waals surface area contributed by atoms with E-state index >= 15 is 0 Å². The summed E-state index contributed by atoms with van der Waals surface area (Å²) < 4.78 is 14.7. The Morgan fingerprint density at radius 2 is 2.09 bits per heavy atom. The SMILES string of the molecule is Cc1cc(NC(=O)COC(=O)COc2ccccc2Cl)no1. The summed E-state index contributed by atoms with van der Waals surface area (Å²) in [6.07, 6.45) is 0. The fourth-order valence-corrected chi connectivity index (χ4v) is 1.68. The number of ether oxygens (including phenoxy) is 2. The van der Waals surface area contributed by atoms with Crippen molar-refractivity contribution >= 4 is 29.3 Å². The molecule has 1 N–H and O–H groups in total. The molecule has 0 aliphatic heterocycles. The lowest BCUT2D eigenvalue weighted by molar-refractivity contribution is -0.149. The highest BCUT2D eigenvalue weighted by molar-refractivity contribution is 6.32. The third-order valence-corrected chi connectivity index (χ3v) is 2.75. The van der Waals surface area contributed by atoms with E-state index in [1.165, 1.54) is 0 Å². The lowest BCUT2D eigenvalue weighted by Gasteiger charge is -2.07. The van der Waals surface area contributed by atoms with Crippen molar-refractivity contribution in [1.29, 1.82) is 0 Å². The number of halogens is 1. The second-order valence-electron chi connectivity index (χ2n) is 4.25. The van der Waals surface area contributed by atoms with Gasteiger partial charge >= 0.3 is 5.97 Å². The van der Waals surface area contributed by atoms with Crippen LogP contribution in [0.1, 0.15) is 5.76 Å². The van der Waals surface area contributed by atoms with E-state index in [0.29, 0.717) is 16.5 Å². The molecule has 2 aromatic rings. The number of esters is 1. The summed E-state index contributed by atoms with van der Waals surface area (Å²) in [4.78, 5) is 23.0. The van der Waals surface area contributed by atoms with E-state index in [0.717, 1.165) is 0 Å². The number of nitrogens with zero attached hydrogens (tertiary/aromatic N) is 1. The predicted octanol–water partition coefficient (Wildman–Crippen LogP) is 2.20. The first-order valence-electron chi connectivity index (χ1n) is 6.30. The van der Waals surface area contributed by atoms with Gasteiger partial charge in [-0.2, -0.15) is 0 Å². The molecule has 1 heterocycles. The van der Waals surface area contributed by atoms with E-state index in [1.807, 2.05) is 0 Å². The Labute approximate surface area is 131 Å². The van der Waals surface area contributed by atoms with Crippen molar-refractivity contribution in [3.05, 3.63) is 41.1 Å². The first-order valence-corrected chi connectivity index (χ1v) is 6.68. The van der Waals surface area contributed by atoms with E-state index in [-0.39, 0.29) is 12.4 Å². The molecular weight excluding hydrogens is 312 g/mol. The van der Waals surface area contributed by atoms with Gasteiger partial charge in [0.05, 0.1) is 5.02 Å². The van der Waals surface area contributed by atoms with Gasteiger partial charge in [0.2, 0.25) is 0 Å². The minimum Gasteiger partial charge on any atom is -0.480 e. The standard InChI is InChI=1S/C14H13ClN2O5/c1-9-6-12(17-22-9)16-13(18)7-21-14(19)8-20-11-5-3-2-4-10(11)15/h2-6H,7-8H2,1H3,(H,16,17,18). The lowest BCUT2D eigenvalue weighted by atomic mass is 10.3. The van der Waals surface area contributed by atoms with Gasteiger partial charge in [0.25, 0.3) is 5.91 Å². The van der Waals surface area contributed by atoms with Crippen LogP contribution in [-0.4, -0.2) is 30.2 Å². The maximum atomic E-state index is 11.5. The number of rotatable bonds is 6. The zero-order chi connectivity index (χ0) is 15.9. The number of anilines is 1. The van der Waals surface area contributed by atoms with Crippen molar-refractivity contribution in [2.45, 2.75) is 6.92 Å². The molecule has 1 aromatic heterocycles. The maximum absolute atomic E-state index is 11.5. The summed E-state index contributed by atoms with van der Waals surface area (Å²) in [6.45, 7) is 0.894. The molecule has 0 saturated carbocycles. The number of benzene rings is 1. The molecule has 22 heavy (non-hydrogen) atoms. The smallest absolute Gasteiger partial charge is 0.344 e. The van der Waals surface area contributed by atoms with Gasteiger partial charge in [-0.05, 0) is 19.1 Å². The number of carbonyl (C=O) groups is 2. The molecule has 0 spiro atoms. The number of nitrogens with one attached hydrogen (secondary N) is 1.